The van der Waals surface area contributed by atoms with Gasteiger partial charge in [-0.15, -0.1) is 0 Å². The van der Waals surface area contributed by atoms with Crippen LogP contribution in [0.25, 0.3) is 27.7 Å². The lowest BCUT2D eigenvalue weighted by Gasteiger charge is -2.07. The lowest BCUT2D eigenvalue weighted by Crippen LogP contribution is -2.12. The van der Waals surface area contributed by atoms with Gasteiger partial charge in [-0.1, -0.05) is 5.16 Å². The number of hydrogen-bond donors (Lipinski definition) is 3. The Hall–Kier alpha value is -3.55. The van der Waals surface area contributed by atoms with E-state index < -0.39 is 5.91 Å². The fourth-order valence-electron chi connectivity index (χ4n) is 3.04. The van der Waals surface area contributed by atoms with Gasteiger partial charge >= 0.3 is 0 Å². The number of fused-ring (bicyclic) bond motifs is 2. The van der Waals surface area contributed by atoms with Crippen molar-refractivity contribution in [2.24, 2.45) is 5.73 Å². The minimum atomic E-state index is -0.653. The number of nitrogens with two attached hydrogens (primary N) is 2. The van der Waals surface area contributed by atoms with Crippen molar-refractivity contribution in [2.45, 2.75) is 13.8 Å². The summed E-state index contributed by atoms with van der Waals surface area (Å²) in [5, 5.41) is 18.9. The first-order valence-corrected chi connectivity index (χ1v) is 7.54. The van der Waals surface area contributed by atoms with Gasteiger partial charge in [0, 0.05) is 5.39 Å². The van der Waals surface area contributed by atoms with E-state index in [1.807, 2.05) is 19.9 Å². The van der Waals surface area contributed by atoms with E-state index in [-0.39, 0.29) is 17.0 Å². The predicted molar refractivity (Wildman–Crippen MR) is 92.3 cm³/mol. The molecule has 5 N–H and O–H groups in total. The Bertz CT molecular complexity index is 1170. The van der Waals surface area contributed by atoms with Gasteiger partial charge in [0.25, 0.3) is 5.91 Å². The van der Waals surface area contributed by atoms with Gasteiger partial charge in [0.2, 0.25) is 0 Å². The maximum Gasteiger partial charge on any atom is 0.253 e. The molecule has 0 fully saturated rings. The number of benzene rings is 1. The van der Waals surface area contributed by atoms with Gasteiger partial charge in [0.15, 0.2) is 5.58 Å². The van der Waals surface area contributed by atoms with Crippen molar-refractivity contribution in [3.05, 3.63) is 41.2 Å². The van der Waals surface area contributed by atoms with E-state index in [4.69, 9.17) is 16.0 Å². The molecular formula is C17H15N5O3. The van der Waals surface area contributed by atoms with Crippen LogP contribution in [-0.2, 0) is 0 Å². The molecule has 3 heterocycles. The molecule has 25 heavy (non-hydrogen) atoms. The Labute approximate surface area is 141 Å². The van der Waals surface area contributed by atoms with E-state index in [1.165, 1.54) is 18.3 Å². The van der Waals surface area contributed by atoms with E-state index in [2.05, 4.69) is 10.3 Å². The maximum atomic E-state index is 12.0. The number of nitrogens with zero attached hydrogens (tertiary/aromatic N) is 3. The number of phenols is 1. The summed E-state index contributed by atoms with van der Waals surface area (Å²) in [5.74, 6) is -0.634. The molecule has 1 amide bonds. The monoisotopic (exact) mass is 337 g/mol. The van der Waals surface area contributed by atoms with Crippen LogP contribution in [0.15, 0.2) is 28.9 Å². The number of aromatic nitrogens is 3. The molecular weight excluding hydrogens is 322 g/mol. The predicted octanol–water partition coefficient (Wildman–Crippen LogP) is 2.15. The molecule has 0 atom stereocenters. The standard InChI is InChI=1S/C17H15N5O3/c1-7-3-12-13(17(19)24)14(18)15(22(12)21-8(7)2)11-5-10(23)4-9-6-20-25-16(9)11/h3-6,23H,18H2,1-2H3,(H2,19,24). The van der Waals surface area contributed by atoms with Crippen LogP contribution in [0.4, 0.5) is 5.69 Å². The van der Waals surface area contributed by atoms with Crippen molar-refractivity contribution in [1.82, 2.24) is 14.8 Å². The number of aryl methyl sites for hydroxylation is 2. The largest absolute Gasteiger partial charge is 0.508 e. The summed E-state index contributed by atoms with van der Waals surface area (Å²) in [5.41, 5.74) is 15.6. The molecule has 1 aromatic carbocycles. The van der Waals surface area contributed by atoms with E-state index in [9.17, 15) is 9.90 Å². The summed E-state index contributed by atoms with van der Waals surface area (Å²) in [6, 6.07) is 4.83. The Morgan fingerprint density at radius 1 is 1.28 bits per heavy atom. The highest BCUT2D eigenvalue weighted by Crippen LogP contribution is 2.39. The first kappa shape index (κ1) is 15.0. The van der Waals surface area contributed by atoms with E-state index in [1.54, 1.807) is 4.52 Å². The summed E-state index contributed by atoms with van der Waals surface area (Å²) in [7, 11) is 0. The molecule has 0 saturated heterocycles. The molecule has 0 saturated carbocycles. The SMILES string of the molecule is Cc1cc2c(C(N)=O)c(N)c(-c3cc(O)cc4cnoc34)n2nc1C. The number of carbonyl (C=O) groups excluding carboxylic acids is 1. The number of rotatable bonds is 2. The average molecular weight is 337 g/mol. The molecule has 0 unspecified atom stereocenters. The van der Waals surface area contributed by atoms with Crippen molar-refractivity contribution in [1.29, 1.82) is 0 Å². The van der Waals surface area contributed by atoms with Crippen molar-refractivity contribution < 1.29 is 14.4 Å². The minimum Gasteiger partial charge on any atom is -0.508 e. The lowest BCUT2D eigenvalue weighted by atomic mass is 10.1. The number of carbonyl (C=O) groups is 1. The molecule has 4 aromatic rings. The van der Waals surface area contributed by atoms with Crippen molar-refractivity contribution in [2.75, 3.05) is 5.73 Å². The molecule has 0 radical (unpaired) electrons. The highest BCUT2D eigenvalue weighted by atomic mass is 16.5. The Morgan fingerprint density at radius 2 is 2.04 bits per heavy atom. The Kier molecular flexibility index (Phi) is 2.98. The van der Waals surface area contributed by atoms with Crippen LogP contribution in [0.3, 0.4) is 0 Å². The van der Waals surface area contributed by atoms with Crippen LogP contribution in [0.5, 0.6) is 5.75 Å². The van der Waals surface area contributed by atoms with Gasteiger partial charge < -0.3 is 21.1 Å². The van der Waals surface area contributed by atoms with Crippen molar-refractivity contribution in [3.8, 4) is 17.0 Å². The summed E-state index contributed by atoms with van der Waals surface area (Å²) >= 11 is 0. The van der Waals surface area contributed by atoms with Crippen LogP contribution >= 0.6 is 0 Å². The second-order valence-electron chi connectivity index (χ2n) is 5.95. The third-order valence-electron chi connectivity index (χ3n) is 4.33. The first-order chi connectivity index (χ1) is 11.9. The topological polar surface area (TPSA) is 133 Å². The number of nitrogen functional groups attached to an aromatic ring is 1. The zero-order valence-electron chi connectivity index (χ0n) is 13.6. The number of anilines is 1. The van der Waals surface area contributed by atoms with Crippen LogP contribution in [0.2, 0.25) is 0 Å². The second kappa shape index (κ2) is 4.97. The summed E-state index contributed by atoms with van der Waals surface area (Å²) in [6.07, 6.45) is 1.49. The number of hydrogen-bond acceptors (Lipinski definition) is 6. The second-order valence-corrected chi connectivity index (χ2v) is 5.95. The average Bonchev–Trinajstić information content (AvgIpc) is 3.09. The molecule has 0 aliphatic heterocycles. The molecule has 126 valence electrons. The number of aromatic hydroxyl groups is 1. The fourth-order valence-corrected chi connectivity index (χ4v) is 3.04. The first-order valence-electron chi connectivity index (χ1n) is 7.54. The number of primary amides is 1. The molecule has 8 nitrogen and oxygen atoms in total. The van der Waals surface area contributed by atoms with Crippen molar-refractivity contribution in [3.63, 3.8) is 0 Å². The number of amides is 1. The smallest absolute Gasteiger partial charge is 0.253 e. The van der Waals surface area contributed by atoms with E-state index in [0.29, 0.717) is 27.7 Å². The van der Waals surface area contributed by atoms with Gasteiger partial charge in [0.1, 0.15) is 11.4 Å². The molecule has 0 aliphatic carbocycles. The van der Waals surface area contributed by atoms with Gasteiger partial charge in [-0.2, -0.15) is 5.10 Å². The Balaban J connectivity index is 2.21. The zero-order valence-corrected chi connectivity index (χ0v) is 13.6. The molecule has 3 aromatic heterocycles. The quantitative estimate of drug-likeness (QED) is 0.513. The third-order valence-corrected chi connectivity index (χ3v) is 4.33. The normalized spacial score (nSPS) is 11.4. The summed E-state index contributed by atoms with van der Waals surface area (Å²) < 4.78 is 6.86. The maximum absolute atomic E-state index is 12.0. The molecule has 0 aliphatic rings. The van der Waals surface area contributed by atoms with Crippen molar-refractivity contribution >= 4 is 28.1 Å². The molecule has 4 rings (SSSR count). The van der Waals surface area contributed by atoms with Crippen LogP contribution < -0.4 is 11.5 Å². The van der Waals surface area contributed by atoms with Gasteiger partial charge in [0.05, 0.1) is 34.2 Å². The lowest BCUT2D eigenvalue weighted by molar-refractivity contribution is 0.100. The minimum absolute atomic E-state index is 0.0181. The fraction of sp³-hybridized carbons (Fsp3) is 0.118. The van der Waals surface area contributed by atoms with Crippen LogP contribution in [0.1, 0.15) is 21.6 Å². The van der Waals surface area contributed by atoms with Crippen LogP contribution in [0, 0.1) is 13.8 Å². The summed E-state index contributed by atoms with van der Waals surface area (Å²) in [6.45, 7) is 3.74. The zero-order chi connectivity index (χ0) is 17.9. The highest BCUT2D eigenvalue weighted by molar-refractivity contribution is 6.10. The summed E-state index contributed by atoms with van der Waals surface area (Å²) in [4.78, 5) is 12.0. The van der Waals surface area contributed by atoms with E-state index >= 15 is 0 Å². The van der Waals surface area contributed by atoms with Crippen LogP contribution in [-0.4, -0.2) is 25.8 Å². The van der Waals surface area contributed by atoms with Gasteiger partial charge in [-0.25, -0.2) is 4.52 Å². The van der Waals surface area contributed by atoms with Gasteiger partial charge in [-0.3, -0.25) is 4.79 Å². The molecule has 0 spiro atoms. The molecule has 8 heteroatoms. The third kappa shape index (κ3) is 2.04. The van der Waals surface area contributed by atoms with E-state index in [0.717, 1.165) is 11.3 Å². The Morgan fingerprint density at radius 3 is 2.76 bits per heavy atom. The highest BCUT2D eigenvalue weighted by Gasteiger charge is 2.25. The number of phenolic OH excluding ortho intramolecular Hbond substituents is 1. The molecule has 0 bridgehead atoms. The van der Waals surface area contributed by atoms with Gasteiger partial charge in [-0.05, 0) is 37.6 Å².